The molecule has 2 aromatic carbocycles. The van der Waals surface area contributed by atoms with E-state index in [1.807, 2.05) is 30.3 Å². The van der Waals surface area contributed by atoms with Gasteiger partial charge in [0.1, 0.15) is 6.61 Å². The summed E-state index contributed by atoms with van der Waals surface area (Å²) in [7, 11) is 0. The summed E-state index contributed by atoms with van der Waals surface area (Å²) in [4.78, 5) is 27.6. The molecule has 2 aliphatic rings. The lowest BCUT2D eigenvalue weighted by atomic mass is 10.1. The number of hydrogen-bond donors (Lipinski definition) is 1. The molecule has 1 saturated heterocycles. The fourth-order valence-corrected chi connectivity index (χ4v) is 3.48. The zero-order chi connectivity index (χ0) is 17.9. The van der Waals surface area contributed by atoms with Crippen LogP contribution in [0.3, 0.4) is 0 Å². The highest BCUT2D eigenvalue weighted by atomic mass is 16.6. The number of carbonyl (C=O) groups is 2. The number of nitrogens with one attached hydrogen (secondary N) is 1. The van der Waals surface area contributed by atoms with Crippen molar-refractivity contribution in [2.24, 2.45) is 0 Å². The minimum atomic E-state index is -0.341. The number of amides is 2. The van der Waals surface area contributed by atoms with Gasteiger partial charge in [-0.05, 0) is 30.2 Å². The van der Waals surface area contributed by atoms with Crippen molar-refractivity contribution in [1.82, 2.24) is 4.90 Å². The first-order valence-electron chi connectivity index (χ1n) is 8.88. The molecule has 6 heteroatoms. The Morgan fingerprint density at radius 1 is 1.04 bits per heavy atom. The van der Waals surface area contributed by atoms with Crippen molar-refractivity contribution in [1.29, 1.82) is 0 Å². The second-order valence-corrected chi connectivity index (χ2v) is 6.45. The maximum Gasteiger partial charge on any atom is 0.409 e. The Balaban J connectivity index is 1.46. The Morgan fingerprint density at radius 2 is 1.81 bits per heavy atom. The topological polar surface area (TPSA) is 61.9 Å². The number of ether oxygens (including phenoxy) is 1. The molecule has 0 unspecified atom stereocenters. The van der Waals surface area contributed by atoms with E-state index in [1.165, 1.54) is 11.3 Å². The number of para-hydroxylation sites is 3. The molecule has 2 amide bonds. The van der Waals surface area contributed by atoms with Crippen molar-refractivity contribution >= 4 is 29.1 Å². The lowest BCUT2D eigenvalue weighted by molar-refractivity contribution is -0.116. The number of anilines is 3. The molecule has 2 heterocycles. The first kappa shape index (κ1) is 16.4. The molecule has 26 heavy (non-hydrogen) atoms. The van der Waals surface area contributed by atoms with Crippen molar-refractivity contribution in [2.45, 2.75) is 12.8 Å². The van der Waals surface area contributed by atoms with Crippen molar-refractivity contribution in [3.8, 4) is 0 Å². The van der Waals surface area contributed by atoms with Gasteiger partial charge in [-0.25, -0.2) is 4.79 Å². The Morgan fingerprint density at radius 3 is 2.62 bits per heavy atom. The smallest absolute Gasteiger partial charge is 0.409 e. The van der Waals surface area contributed by atoms with Crippen molar-refractivity contribution in [3.05, 3.63) is 54.1 Å². The molecule has 134 valence electrons. The summed E-state index contributed by atoms with van der Waals surface area (Å²) in [5, 5.41) is 3.00. The standard InChI is InChI=1S/C20H21N3O3/c24-19(10-11-22-13-14-26-20(22)25)21-16-6-2-4-8-18(16)23-12-9-15-5-1-3-7-17(15)23/h1-8H,9-14H2,(H,21,24). The van der Waals surface area contributed by atoms with Gasteiger partial charge in [0.15, 0.2) is 0 Å². The van der Waals surface area contributed by atoms with Crippen LogP contribution in [0.1, 0.15) is 12.0 Å². The normalized spacial score (nSPS) is 15.8. The fourth-order valence-electron chi connectivity index (χ4n) is 3.48. The first-order valence-corrected chi connectivity index (χ1v) is 8.88. The maximum atomic E-state index is 12.4. The van der Waals surface area contributed by atoms with Crippen molar-refractivity contribution in [2.75, 3.05) is 36.5 Å². The summed E-state index contributed by atoms with van der Waals surface area (Å²) in [6.07, 6.45) is 0.905. The molecule has 2 aromatic rings. The zero-order valence-electron chi connectivity index (χ0n) is 14.5. The lowest BCUT2D eigenvalue weighted by Gasteiger charge is -2.23. The van der Waals surface area contributed by atoms with E-state index in [9.17, 15) is 9.59 Å². The Kier molecular flexibility index (Phi) is 4.48. The number of fused-ring (bicyclic) bond motifs is 1. The fraction of sp³-hybridized carbons (Fsp3) is 0.300. The average Bonchev–Trinajstić information content (AvgIpc) is 3.26. The van der Waals surface area contributed by atoms with Crippen LogP contribution in [-0.4, -0.2) is 43.1 Å². The van der Waals surface area contributed by atoms with Crippen LogP contribution in [0.2, 0.25) is 0 Å². The van der Waals surface area contributed by atoms with E-state index in [0.717, 1.165) is 24.3 Å². The summed E-state index contributed by atoms with van der Waals surface area (Å²) in [5.74, 6) is -0.107. The minimum absolute atomic E-state index is 0.107. The van der Waals surface area contributed by atoms with Crippen LogP contribution in [-0.2, 0) is 16.0 Å². The molecule has 0 saturated carbocycles. The van der Waals surface area contributed by atoms with E-state index < -0.39 is 0 Å². The van der Waals surface area contributed by atoms with Gasteiger partial charge in [0, 0.05) is 25.2 Å². The maximum absolute atomic E-state index is 12.4. The number of benzene rings is 2. The predicted molar refractivity (Wildman–Crippen MR) is 99.8 cm³/mol. The molecular formula is C20H21N3O3. The highest BCUT2D eigenvalue weighted by molar-refractivity contribution is 5.95. The summed E-state index contributed by atoms with van der Waals surface area (Å²) < 4.78 is 4.88. The third kappa shape index (κ3) is 3.22. The van der Waals surface area contributed by atoms with Crippen molar-refractivity contribution < 1.29 is 14.3 Å². The highest BCUT2D eigenvalue weighted by Crippen LogP contribution is 2.38. The van der Waals surface area contributed by atoms with E-state index in [-0.39, 0.29) is 18.4 Å². The van der Waals surface area contributed by atoms with Gasteiger partial charge in [0.05, 0.1) is 17.9 Å². The zero-order valence-corrected chi connectivity index (χ0v) is 14.5. The second kappa shape index (κ2) is 7.07. The van der Waals surface area contributed by atoms with E-state index in [4.69, 9.17) is 4.74 Å². The van der Waals surface area contributed by atoms with Crippen LogP contribution in [0.15, 0.2) is 48.5 Å². The van der Waals surface area contributed by atoms with Gasteiger partial charge in [-0.3, -0.25) is 4.79 Å². The number of carbonyl (C=O) groups excluding carboxylic acids is 2. The molecule has 4 rings (SSSR count). The summed E-state index contributed by atoms with van der Waals surface area (Å²) >= 11 is 0. The summed E-state index contributed by atoms with van der Waals surface area (Å²) in [6.45, 7) is 2.22. The van der Waals surface area contributed by atoms with Gasteiger partial charge < -0.3 is 19.9 Å². The quantitative estimate of drug-likeness (QED) is 0.899. The SMILES string of the molecule is O=C(CCN1CCOC1=O)Nc1ccccc1N1CCc2ccccc21. The van der Waals surface area contributed by atoms with Gasteiger partial charge in [0.25, 0.3) is 0 Å². The van der Waals surface area contributed by atoms with Gasteiger partial charge >= 0.3 is 6.09 Å². The molecule has 0 radical (unpaired) electrons. The number of hydrogen-bond acceptors (Lipinski definition) is 4. The Labute approximate surface area is 152 Å². The molecule has 0 atom stereocenters. The van der Waals surface area contributed by atoms with Crippen LogP contribution >= 0.6 is 0 Å². The van der Waals surface area contributed by atoms with Crippen LogP contribution in [0.5, 0.6) is 0 Å². The number of nitrogens with zero attached hydrogens (tertiary/aromatic N) is 2. The van der Waals surface area contributed by atoms with Crippen LogP contribution in [0.4, 0.5) is 21.9 Å². The first-order chi connectivity index (χ1) is 12.7. The van der Waals surface area contributed by atoms with Gasteiger partial charge in [-0.2, -0.15) is 0 Å². The average molecular weight is 351 g/mol. The number of cyclic esters (lactones) is 1. The number of rotatable bonds is 5. The summed E-state index contributed by atoms with van der Waals surface area (Å²) in [6, 6.07) is 16.2. The van der Waals surface area contributed by atoms with Gasteiger partial charge in [-0.15, -0.1) is 0 Å². The third-order valence-corrected chi connectivity index (χ3v) is 4.81. The van der Waals surface area contributed by atoms with E-state index in [1.54, 1.807) is 4.90 Å². The molecule has 1 fully saturated rings. The molecule has 6 nitrogen and oxygen atoms in total. The molecular weight excluding hydrogens is 330 g/mol. The van der Waals surface area contributed by atoms with Crippen LogP contribution in [0, 0.1) is 0 Å². The molecule has 0 spiro atoms. The van der Waals surface area contributed by atoms with Gasteiger partial charge in [-0.1, -0.05) is 30.3 Å². The minimum Gasteiger partial charge on any atom is -0.448 e. The van der Waals surface area contributed by atoms with Gasteiger partial charge in [0.2, 0.25) is 5.91 Å². The molecule has 0 bridgehead atoms. The third-order valence-electron chi connectivity index (χ3n) is 4.81. The van der Waals surface area contributed by atoms with E-state index in [2.05, 4.69) is 28.4 Å². The van der Waals surface area contributed by atoms with E-state index >= 15 is 0 Å². The molecule has 2 aliphatic heterocycles. The molecule has 0 aliphatic carbocycles. The predicted octanol–water partition coefficient (Wildman–Crippen LogP) is 3.16. The monoisotopic (exact) mass is 351 g/mol. The molecule has 0 aromatic heterocycles. The molecule has 1 N–H and O–H groups in total. The van der Waals surface area contributed by atoms with E-state index in [0.29, 0.717) is 19.7 Å². The lowest BCUT2D eigenvalue weighted by Crippen LogP contribution is -2.28. The Bertz CT molecular complexity index is 837. The van der Waals surface area contributed by atoms with Crippen LogP contribution in [0.25, 0.3) is 0 Å². The Hall–Kier alpha value is -3.02. The van der Waals surface area contributed by atoms with Crippen LogP contribution < -0.4 is 10.2 Å². The highest BCUT2D eigenvalue weighted by Gasteiger charge is 2.24. The summed E-state index contributed by atoms with van der Waals surface area (Å²) in [5.41, 5.74) is 4.29. The largest absolute Gasteiger partial charge is 0.448 e. The second-order valence-electron chi connectivity index (χ2n) is 6.45. The van der Waals surface area contributed by atoms with Crippen molar-refractivity contribution in [3.63, 3.8) is 0 Å².